The van der Waals surface area contributed by atoms with E-state index >= 15 is 0 Å². The highest BCUT2D eigenvalue weighted by Crippen LogP contribution is 2.34. The van der Waals surface area contributed by atoms with E-state index in [0.717, 1.165) is 38.1 Å². The Balaban J connectivity index is 1.99. The molecule has 2 saturated carbocycles. The van der Waals surface area contributed by atoms with Gasteiger partial charge in [-0.05, 0) is 58.0 Å². The van der Waals surface area contributed by atoms with Gasteiger partial charge in [-0.25, -0.2) is 0 Å². The van der Waals surface area contributed by atoms with E-state index in [1.54, 1.807) is 7.05 Å². The largest absolute Gasteiger partial charge is 0.480 e. The van der Waals surface area contributed by atoms with Gasteiger partial charge < -0.3 is 15.3 Å². The fraction of sp³-hybridized carbons (Fsp3) is 0.933. The van der Waals surface area contributed by atoms with Crippen LogP contribution in [0, 0.1) is 5.92 Å². The highest BCUT2D eigenvalue weighted by Gasteiger charge is 2.43. The summed E-state index contributed by atoms with van der Waals surface area (Å²) in [6, 6.07) is 0.433. The average molecular weight is 268 g/mol. The smallest absolute Gasteiger partial charge is 0.323 e. The molecule has 0 aliphatic heterocycles. The second kappa shape index (κ2) is 6.23. The molecule has 0 saturated heterocycles. The van der Waals surface area contributed by atoms with Crippen molar-refractivity contribution < 1.29 is 9.90 Å². The van der Waals surface area contributed by atoms with E-state index in [-0.39, 0.29) is 0 Å². The third-order valence-corrected chi connectivity index (χ3v) is 5.25. The monoisotopic (exact) mass is 268 g/mol. The lowest BCUT2D eigenvalue weighted by molar-refractivity contribution is -0.147. The molecule has 0 spiro atoms. The minimum absolute atomic E-state index is 0.433. The van der Waals surface area contributed by atoms with Crippen molar-refractivity contribution in [3.63, 3.8) is 0 Å². The van der Waals surface area contributed by atoms with Crippen molar-refractivity contribution in [3.05, 3.63) is 0 Å². The topological polar surface area (TPSA) is 52.6 Å². The van der Waals surface area contributed by atoms with Crippen molar-refractivity contribution in [1.82, 2.24) is 10.2 Å². The van der Waals surface area contributed by atoms with Gasteiger partial charge in [-0.3, -0.25) is 4.79 Å². The van der Waals surface area contributed by atoms with Gasteiger partial charge in [0.25, 0.3) is 0 Å². The summed E-state index contributed by atoms with van der Waals surface area (Å²) in [5, 5.41) is 12.6. The molecule has 0 bridgehead atoms. The van der Waals surface area contributed by atoms with Crippen LogP contribution in [0.15, 0.2) is 0 Å². The lowest BCUT2D eigenvalue weighted by Gasteiger charge is -2.44. The summed E-state index contributed by atoms with van der Waals surface area (Å²) in [6.45, 7) is 4.41. The number of aliphatic carboxylic acids is 1. The molecule has 4 nitrogen and oxygen atoms in total. The van der Waals surface area contributed by atoms with E-state index < -0.39 is 11.5 Å². The molecule has 2 rings (SSSR count). The zero-order valence-electron chi connectivity index (χ0n) is 12.3. The number of likely N-dealkylation sites (N-methyl/N-ethyl adjacent to an activating group) is 1. The first kappa shape index (κ1) is 14.8. The Bertz CT molecular complexity index is 317. The first-order valence-corrected chi connectivity index (χ1v) is 7.77. The van der Waals surface area contributed by atoms with Crippen LogP contribution in [0.2, 0.25) is 0 Å². The Labute approximate surface area is 116 Å². The zero-order valence-corrected chi connectivity index (χ0v) is 12.3. The molecule has 0 radical (unpaired) electrons. The van der Waals surface area contributed by atoms with Gasteiger partial charge in [0, 0.05) is 12.6 Å². The van der Waals surface area contributed by atoms with Crippen LogP contribution in [0.4, 0.5) is 0 Å². The first-order chi connectivity index (χ1) is 9.11. The maximum Gasteiger partial charge on any atom is 0.323 e. The quantitative estimate of drug-likeness (QED) is 0.774. The van der Waals surface area contributed by atoms with E-state index in [9.17, 15) is 9.90 Å². The normalized spacial score (nSPS) is 32.3. The van der Waals surface area contributed by atoms with Crippen LogP contribution in [-0.2, 0) is 4.79 Å². The molecule has 110 valence electrons. The van der Waals surface area contributed by atoms with Gasteiger partial charge in [-0.1, -0.05) is 13.3 Å². The first-order valence-electron chi connectivity index (χ1n) is 7.77. The summed E-state index contributed by atoms with van der Waals surface area (Å²) in [4.78, 5) is 14.1. The molecule has 19 heavy (non-hydrogen) atoms. The van der Waals surface area contributed by atoms with Crippen molar-refractivity contribution in [2.45, 2.75) is 63.5 Å². The maximum absolute atomic E-state index is 11.6. The molecular weight excluding hydrogens is 240 g/mol. The summed E-state index contributed by atoms with van der Waals surface area (Å²) < 4.78 is 0. The second-order valence-electron chi connectivity index (χ2n) is 6.27. The van der Waals surface area contributed by atoms with E-state index in [1.165, 1.54) is 25.8 Å². The average Bonchev–Trinajstić information content (AvgIpc) is 2.37. The van der Waals surface area contributed by atoms with Gasteiger partial charge in [-0.2, -0.15) is 0 Å². The number of nitrogens with zero attached hydrogens (tertiary/aromatic N) is 1. The number of nitrogens with one attached hydrogen (secondary N) is 1. The lowest BCUT2D eigenvalue weighted by Crippen LogP contribution is -2.57. The summed E-state index contributed by atoms with van der Waals surface area (Å²) in [7, 11) is 1.79. The Morgan fingerprint density at radius 2 is 2.11 bits per heavy atom. The van der Waals surface area contributed by atoms with Gasteiger partial charge in [0.1, 0.15) is 5.54 Å². The number of carboxylic acid groups (broad SMARTS) is 1. The summed E-state index contributed by atoms with van der Waals surface area (Å²) in [6.07, 6.45) is 7.77. The number of hydrogen-bond acceptors (Lipinski definition) is 3. The Hall–Kier alpha value is -0.610. The van der Waals surface area contributed by atoms with Crippen LogP contribution in [-0.4, -0.2) is 47.7 Å². The molecule has 2 aliphatic carbocycles. The van der Waals surface area contributed by atoms with E-state index in [2.05, 4.69) is 17.1 Å². The summed E-state index contributed by atoms with van der Waals surface area (Å²) in [5.41, 5.74) is -0.698. The van der Waals surface area contributed by atoms with Gasteiger partial charge in [0.2, 0.25) is 0 Å². The van der Waals surface area contributed by atoms with E-state index in [1.807, 2.05) is 0 Å². The number of hydrogen-bond donors (Lipinski definition) is 2. The lowest BCUT2D eigenvalue weighted by atomic mass is 9.77. The molecule has 4 heteroatoms. The maximum atomic E-state index is 11.6. The fourth-order valence-electron chi connectivity index (χ4n) is 3.63. The zero-order chi connectivity index (χ0) is 13.9. The van der Waals surface area contributed by atoms with Gasteiger partial charge in [-0.15, -0.1) is 0 Å². The predicted octanol–water partition coefficient (Wildman–Crippen LogP) is 2.09. The Morgan fingerprint density at radius 3 is 2.58 bits per heavy atom. The molecule has 0 heterocycles. The molecule has 2 fully saturated rings. The van der Waals surface area contributed by atoms with Crippen molar-refractivity contribution in [1.29, 1.82) is 0 Å². The molecule has 0 aromatic carbocycles. The van der Waals surface area contributed by atoms with Gasteiger partial charge in [0.15, 0.2) is 0 Å². The molecule has 2 aliphatic rings. The SMILES string of the molecule is CCN(CC1CCC1)C1CCCC(NC)(C(=O)O)C1. The van der Waals surface area contributed by atoms with Gasteiger partial charge in [0.05, 0.1) is 0 Å². The summed E-state index contributed by atoms with van der Waals surface area (Å²) in [5.74, 6) is 0.176. The van der Waals surface area contributed by atoms with Crippen LogP contribution < -0.4 is 5.32 Å². The Kier molecular flexibility index (Phi) is 4.85. The molecule has 2 unspecified atom stereocenters. The molecule has 0 aromatic heterocycles. The van der Waals surface area contributed by atoms with Gasteiger partial charge >= 0.3 is 5.97 Å². The number of carbonyl (C=O) groups is 1. The fourth-order valence-corrected chi connectivity index (χ4v) is 3.63. The summed E-state index contributed by atoms with van der Waals surface area (Å²) >= 11 is 0. The highest BCUT2D eigenvalue weighted by molar-refractivity contribution is 5.79. The van der Waals surface area contributed by atoms with Crippen molar-refractivity contribution in [2.75, 3.05) is 20.1 Å². The highest BCUT2D eigenvalue weighted by atomic mass is 16.4. The molecule has 0 amide bonds. The van der Waals surface area contributed by atoms with Crippen molar-refractivity contribution in [3.8, 4) is 0 Å². The second-order valence-corrected chi connectivity index (χ2v) is 6.27. The van der Waals surface area contributed by atoms with Crippen molar-refractivity contribution in [2.24, 2.45) is 5.92 Å². The number of rotatable bonds is 6. The van der Waals surface area contributed by atoms with Crippen LogP contribution in [0.3, 0.4) is 0 Å². The third kappa shape index (κ3) is 3.11. The van der Waals surface area contributed by atoms with E-state index in [4.69, 9.17) is 0 Å². The molecule has 0 aromatic rings. The minimum Gasteiger partial charge on any atom is -0.480 e. The van der Waals surface area contributed by atoms with Crippen LogP contribution >= 0.6 is 0 Å². The standard InChI is InChI=1S/C15H28N2O2/c1-3-17(11-12-6-4-7-12)13-8-5-9-15(10-13,16-2)14(18)19/h12-13,16H,3-11H2,1-2H3,(H,18,19). The molecular formula is C15H28N2O2. The van der Waals surface area contributed by atoms with E-state index in [0.29, 0.717) is 6.04 Å². The minimum atomic E-state index is -0.698. The predicted molar refractivity (Wildman–Crippen MR) is 76.3 cm³/mol. The number of carboxylic acids is 1. The third-order valence-electron chi connectivity index (χ3n) is 5.25. The van der Waals surface area contributed by atoms with Crippen LogP contribution in [0.25, 0.3) is 0 Å². The Morgan fingerprint density at radius 1 is 1.37 bits per heavy atom. The van der Waals surface area contributed by atoms with Crippen molar-refractivity contribution >= 4 is 5.97 Å². The van der Waals surface area contributed by atoms with Crippen LogP contribution in [0.1, 0.15) is 51.9 Å². The van der Waals surface area contributed by atoms with Crippen LogP contribution in [0.5, 0.6) is 0 Å². The molecule has 2 N–H and O–H groups in total. The molecule has 2 atom stereocenters.